The summed E-state index contributed by atoms with van der Waals surface area (Å²) in [7, 11) is 4.22. The molecule has 0 radical (unpaired) electrons. The molecule has 0 aromatic heterocycles. The minimum absolute atomic E-state index is 0.192. The Morgan fingerprint density at radius 3 is 2.71 bits per heavy atom. The van der Waals surface area contributed by atoms with E-state index in [1.54, 1.807) is 0 Å². The summed E-state index contributed by atoms with van der Waals surface area (Å²) in [6.45, 7) is 2.55. The molecule has 1 aliphatic heterocycles. The molecule has 1 fully saturated rings. The Balaban J connectivity index is 1.94. The van der Waals surface area contributed by atoms with Crippen LogP contribution in [-0.2, 0) is 11.2 Å². The van der Waals surface area contributed by atoms with E-state index in [-0.39, 0.29) is 6.10 Å². The normalized spacial score (nSPS) is 18.5. The Bertz CT molecular complexity index is 598. The third kappa shape index (κ3) is 3.36. The first kappa shape index (κ1) is 14.4. The quantitative estimate of drug-likeness (QED) is 0.842. The van der Waals surface area contributed by atoms with Crippen molar-refractivity contribution in [2.75, 3.05) is 33.9 Å². The largest absolute Gasteiger partial charge is 0.487 e. The lowest BCUT2D eigenvalue weighted by molar-refractivity contribution is 0.142. The van der Waals surface area contributed by atoms with Crippen LogP contribution in [0.1, 0.15) is 12.0 Å². The Kier molecular flexibility index (Phi) is 4.42. The highest BCUT2D eigenvalue weighted by molar-refractivity contribution is 5.91. The van der Waals surface area contributed by atoms with Crippen molar-refractivity contribution >= 4 is 10.8 Å². The molecule has 1 saturated heterocycles. The van der Waals surface area contributed by atoms with E-state index in [1.807, 2.05) is 0 Å². The van der Waals surface area contributed by atoms with E-state index < -0.39 is 0 Å². The smallest absolute Gasteiger partial charge is 0.127 e. The summed E-state index contributed by atoms with van der Waals surface area (Å²) in [5.41, 5.74) is 1.36. The van der Waals surface area contributed by atoms with Gasteiger partial charge >= 0.3 is 0 Å². The van der Waals surface area contributed by atoms with Gasteiger partial charge in [0, 0.05) is 18.4 Å². The predicted octanol–water partition coefficient (Wildman–Crippen LogP) is 3.11. The van der Waals surface area contributed by atoms with Gasteiger partial charge in [-0.05, 0) is 37.5 Å². The van der Waals surface area contributed by atoms with Gasteiger partial charge in [0.05, 0.1) is 13.2 Å². The monoisotopic (exact) mass is 285 g/mol. The highest BCUT2D eigenvalue weighted by Gasteiger charge is 2.18. The van der Waals surface area contributed by atoms with Crippen LogP contribution in [0.2, 0.25) is 0 Å². The van der Waals surface area contributed by atoms with Crippen LogP contribution in [0.15, 0.2) is 36.4 Å². The molecular formula is C18H23NO2. The van der Waals surface area contributed by atoms with E-state index in [0.717, 1.165) is 31.7 Å². The Morgan fingerprint density at radius 1 is 1.19 bits per heavy atom. The predicted molar refractivity (Wildman–Crippen MR) is 86.1 cm³/mol. The number of hydrogen-bond acceptors (Lipinski definition) is 3. The van der Waals surface area contributed by atoms with Crippen LogP contribution in [-0.4, -0.2) is 44.9 Å². The van der Waals surface area contributed by atoms with Crippen molar-refractivity contribution in [1.82, 2.24) is 4.90 Å². The van der Waals surface area contributed by atoms with Crippen LogP contribution in [0.5, 0.6) is 5.75 Å². The second-order valence-corrected chi connectivity index (χ2v) is 5.93. The zero-order valence-electron chi connectivity index (χ0n) is 12.8. The molecule has 0 amide bonds. The molecule has 2 aromatic rings. The molecule has 0 saturated carbocycles. The topological polar surface area (TPSA) is 21.7 Å². The summed E-state index contributed by atoms with van der Waals surface area (Å²) in [6.07, 6.45) is 2.21. The highest BCUT2D eigenvalue weighted by Crippen LogP contribution is 2.31. The van der Waals surface area contributed by atoms with Crippen LogP contribution in [0.3, 0.4) is 0 Å². The van der Waals surface area contributed by atoms with Crippen LogP contribution < -0.4 is 4.74 Å². The fraction of sp³-hybridized carbons (Fsp3) is 0.444. The molecule has 0 bridgehead atoms. The van der Waals surface area contributed by atoms with Crippen LogP contribution in [0, 0.1) is 0 Å². The fourth-order valence-corrected chi connectivity index (χ4v) is 2.82. The Hall–Kier alpha value is -1.58. The molecule has 0 spiro atoms. The lowest BCUT2D eigenvalue weighted by atomic mass is 10.0. The number of likely N-dealkylation sites (N-methyl/N-ethyl adjacent to an activating group) is 1. The number of nitrogens with zero attached hydrogens (tertiary/aromatic N) is 1. The van der Waals surface area contributed by atoms with Crippen molar-refractivity contribution in [3.63, 3.8) is 0 Å². The standard InChI is InChI=1S/C18H23NO2/c1-19(2)11-9-15-6-3-5-14-7-4-8-17(18(14)15)21-16-10-12-20-13-16/h3-8,16H,9-13H2,1-2H3/t16-/m1/s1. The second kappa shape index (κ2) is 6.46. The number of fused-ring (bicyclic) bond motifs is 1. The molecule has 1 aliphatic rings. The summed E-state index contributed by atoms with van der Waals surface area (Å²) < 4.78 is 11.6. The molecule has 21 heavy (non-hydrogen) atoms. The average Bonchev–Trinajstić information content (AvgIpc) is 2.98. The van der Waals surface area contributed by atoms with Gasteiger partial charge in [-0.3, -0.25) is 0 Å². The molecular weight excluding hydrogens is 262 g/mol. The van der Waals surface area contributed by atoms with Crippen molar-refractivity contribution in [3.8, 4) is 5.75 Å². The summed E-state index contributed by atoms with van der Waals surface area (Å²) in [5, 5.41) is 2.51. The summed E-state index contributed by atoms with van der Waals surface area (Å²) in [4.78, 5) is 2.22. The van der Waals surface area contributed by atoms with Gasteiger partial charge in [-0.15, -0.1) is 0 Å². The summed E-state index contributed by atoms with van der Waals surface area (Å²) in [5.74, 6) is 0.998. The average molecular weight is 285 g/mol. The third-order valence-electron chi connectivity index (χ3n) is 3.96. The van der Waals surface area contributed by atoms with Crippen LogP contribution in [0.4, 0.5) is 0 Å². The molecule has 112 valence electrons. The number of benzene rings is 2. The number of ether oxygens (including phenoxy) is 2. The molecule has 3 heteroatoms. The van der Waals surface area contributed by atoms with Gasteiger partial charge < -0.3 is 14.4 Å². The van der Waals surface area contributed by atoms with Gasteiger partial charge in [0.1, 0.15) is 11.9 Å². The van der Waals surface area contributed by atoms with Crippen molar-refractivity contribution in [2.45, 2.75) is 18.9 Å². The lowest BCUT2D eigenvalue weighted by Gasteiger charge is -2.17. The maximum absolute atomic E-state index is 6.20. The van der Waals surface area contributed by atoms with Crippen molar-refractivity contribution < 1.29 is 9.47 Å². The minimum Gasteiger partial charge on any atom is -0.487 e. The highest BCUT2D eigenvalue weighted by atomic mass is 16.5. The Morgan fingerprint density at radius 2 is 2.00 bits per heavy atom. The maximum Gasteiger partial charge on any atom is 0.127 e. The van der Waals surface area contributed by atoms with Crippen molar-refractivity contribution in [1.29, 1.82) is 0 Å². The van der Waals surface area contributed by atoms with Gasteiger partial charge in [-0.2, -0.15) is 0 Å². The van der Waals surface area contributed by atoms with Gasteiger partial charge in [-0.25, -0.2) is 0 Å². The second-order valence-electron chi connectivity index (χ2n) is 5.93. The van der Waals surface area contributed by atoms with E-state index in [4.69, 9.17) is 9.47 Å². The van der Waals surface area contributed by atoms with Gasteiger partial charge in [0.2, 0.25) is 0 Å². The Labute approximate surface area is 126 Å². The summed E-state index contributed by atoms with van der Waals surface area (Å²) in [6, 6.07) is 12.8. The zero-order chi connectivity index (χ0) is 14.7. The van der Waals surface area contributed by atoms with E-state index in [9.17, 15) is 0 Å². The molecule has 0 unspecified atom stereocenters. The van der Waals surface area contributed by atoms with Gasteiger partial charge in [-0.1, -0.05) is 30.3 Å². The minimum atomic E-state index is 0.192. The van der Waals surface area contributed by atoms with Crippen LogP contribution >= 0.6 is 0 Å². The van der Waals surface area contributed by atoms with E-state index >= 15 is 0 Å². The van der Waals surface area contributed by atoms with Crippen LogP contribution in [0.25, 0.3) is 10.8 Å². The molecule has 0 aliphatic carbocycles. The third-order valence-corrected chi connectivity index (χ3v) is 3.96. The van der Waals surface area contributed by atoms with Crippen molar-refractivity contribution in [2.24, 2.45) is 0 Å². The molecule has 1 atom stereocenters. The molecule has 1 heterocycles. The number of rotatable bonds is 5. The first-order valence-corrected chi connectivity index (χ1v) is 7.64. The molecule has 3 nitrogen and oxygen atoms in total. The number of hydrogen-bond donors (Lipinski definition) is 0. The zero-order valence-corrected chi connectivity index (χ0v) is 12.8. The molecule has 2 aromatic carbocycles. The fourth-order valence-electron chi connectivity index (χ4n) is 2.82. The maximum atomic E-state index is 6.20. The molecule has 3 rings (SSSR count). The van der Waals surface area contributed by atoms with E-state index in [2.05, 4.69) is 55.4 Å². The first-order valence-electron chi connectivity index (χ1n) is 7.64. The first-order chi connectivity index (χ1) is 10.2. The van der Waals surface area contributed by atoms with Gasteiger partial charge in [0.15, 0.2) is 0 Å². The van der Waals surface area contributed by atoms with E-state index in [0.29, 0.717) is 6.61 Å². The van der Waals surface area contributed by atoms with Crippen molar-refractivity contribution in [3.05, 3.63) is 42.0 Å². The SMILES string of the molecule is CN(C)CCc1cccc2cccc(O[C@@H]3CCOC3)c12. The van der Waals surface area contributed by atoms with E-state index in [1.165, 1.54) is 16.3 Å². The lowest BCUT2D eigenvalue weighted by Crippen LogP contribution is -2.17. The molecule has 0 N–H and O–H groups in total. The summed E-state index contributed by atoms with van der Waals surface area (Å²) >= 11 is 0. The van der Waals surface area contributed by atoms with Gasteiger partial charge in [0.25, 0.3) is 0 Å².